The summed E-state index contributed by atoms with van der Waals surface area (Å²) in [6.45, 7) is 1.49. The lowest BCUT2D eigenvalue weighted by Gasteiger charge is -1.99. The number of rotatable bonds is 4. The second kappa shape index (κ2) is 4.13. The third-order valence-corrected chi connectivity index (χ3v) is 1.67. The minimum absolute atomic E-state index is 0.0393. The van der Waals surface area contributed by atoms with Gasteiger partial charge in [-0.1, -0.05) is 0 Å². The Morgan fingerprint density at radius 2 is 2.55 bits per heavy atom. The van der Waals surface area contributed by atoms with Crippen molar-refractivity contribution in [3.05, 3.63) is 11.6 Å². The lowest BCUT2D eigenvalue weighted by atomic mass is 10.1. The molecule has 0 aromatic rings. The fourth-order valence-corrected chi connectivity index (χ4v) is 1.09. The summed E-state index contributed by atoms with van der Waals surface area (Å²) in [5, 5.41) is 2.72. The van der Waals surface area contributed by atoms with Crippen molar-refractivity contribution in [1.82, 2.24) is 5.32 Å². The van der Waals surface area contributed by atoms with Crippen LogP contribution in [0, 0.1) is 0 Å². The molecule has 1 aliphatic rings. The van der Waals surface area contributed by atoms with Crippen LogP contribution in [-0.4, -0.2) is 26.2 Å². The third kappa shape index (κ3) is 2.72. The molecule has 0 atom stereocenters. The van der Waals surface area contributed by atoms with Gasteiger partial charge in [-0.05, 0) is 18.4 Å². The largest absolute Gasteiger partial charge is 0.385 e. The molecule has 3 nitrogen and oxygen atoms in total. The van der Waals surface area contributed by atoms with Crippen LogP contribution in [0.2, 0.25) is 0 Å². The third-order valence-electron chi connectivity index (χ3n) is 1.67. The number of nitrogens with one attached hydrogen (secondary N) is 1. The summed E-state index contributed by atoms with van der Waals surface area (Å²) in [6, 6.07) is 0. The second-order valence-corrected chi connectivity index (χ2v) is 2.62. The Balaban J connectivity index is 2.17. The van der Waals surface area contributed by atoms with Gasteiger partial charge in [0.05, 0.1) is 0 Å². The van der Waals surface area contributed by atoms with Crippen LogP contribution in [-0.2, 0) is 9.53 Å². The minimum Gasteiger partial charge on any atom is -0.385 e. The van der Waals surface area contributed by atoms with Gasteiger partial charge in [0.1, 0.15) is 0 Å². The number of hydrogen-bond donors (Lipinski definition) is 1. The van der Waals surface area contributed by atoms with Crippen molar-refractivity contribution < 1.29 is 9.53 Å². The molecule has 0 unspecified atom stereocenters. The Bertz CT molecular complexity index is 175. The van der Waals surface area contributed by atoms with E-state index in [1.165, 1.54) is 5.57 Å². The van der Waals surface area contributed by atoms with Gasteiger partial charge in [0.2, 0.25) is 5.91 Å². The van der Waals surface area contributed by atoms with Gasteiger partial charge >= 0.3 is 0 Å². The van der Waals surface area contributed by atoms with Crippen LogP contribution in [0.3, 0.4) is 0 Å². The van der Waals surface area contributed by atoms with Gasteiger partial charge in [-0.25, -0.2) is 0 Å². The van der Waals surface area contributed by atoms with E-state index in [-0.39, 0.29) is 5.91 Å². The first kappa shape index (κ1) is 8.27. The Morgan fingerprint density at radius 1 is 1.73 bits per heavy atom. The molecule has 0 saturated carbocycles. The van der Waals surface area contributed by atoms with Crippen molar-refractivity contribution >= 4 is 5.91 Å². The van der Waals surface area contributed by atoms with Crippen LogP contribution < -0.4 is 5.32 Å². The van der Waals surface area contributed by atoms with Gasteiger partial charge in [-0.15, -0.1) is 0 Å². The van der Waals surface area contributed by atoms with E-state index >= 15 is 0 Å². The quantitative estimate of drug-likeness (QED) is 0.599. The smallest absolute Gasteiger partial charge is 0.244 e. The van der Waals surface area contributed by atoms with Crippen LogP contribution in [0.4, 0.5) is 0 Å². The van der Waals surface area contributed by atoms with Crippen molar-refractivity contribution in [1.29, 1.82) is 0 Å². The van der Waals surface area contributed by atoms with Crippen molar-refractivity contribution in [2.75, 3.05) is 20.3 Å². The van der Waals surface area contributed by atoms with E-state index in [1.54, 1.807) is 13.2 Å². The van der Waals surface area contributed by atoms with Crippen LogP contribution in [0.1, 0.15) is 12.8 Å². The first-order valence-corrected chi connectivity index (χ1v) is 3.79. The molecule has 0 aliphatic carbocycles. The predicted molar refractivity (Wildman–Crippen MR) is 42.2 cm³/mol. The number of carbonyl (C=O) groups excluding carboxylic acids is 1. The van der Waals surface area contributed by atoms with Crippen LogP contribution >= 0.6 is 0 Å². The Labute approximate surface area is 66.4 Å². The van der Waals surface area contributed by atoms with E-state index in [1.807, 2.05) is 0 Å². The van der Waals surface area contributed by atoms with E-state index < -0.39 is 0 Å². The van der Waals surface area contributed by atoms with Gasteiger partial charge in [0.25, 0.3) is 0 Å². The molecule has 3 heteroatoms. The summed E-state index contributed by atoms with van der Waals surface area (Å²) in [4.78, 5) is 10.7. The average Bonchev–Trinajstić information content (AvgIpc) is 2.37. The van der Waals surface area contributed by atoms with E-state index in [0.717, 1.165) is 26.0 Å². The molecule has 0 bridgehead atoms. The standard InChI is InChI=1S/C8H13NO2/c1-11-4-2-3-7-5-8(10)9-6-7/h5H,2-4,6H2,1H3,(H,9,10). The molecule has 0 aromatic heterocycles. The van der Waals surface area contributed by atoms with Gasteiger partial charge in [0, 0.05) is 26.3 Å². The van der Waals surface area contributed by atoms with E-state index in [0.29, 0.717) is 0 Å². The zero-order valence-electron chi connectivity index (χ0n) is 6.72. The maximum atomic E-state index is 10.7. The van der Waals surface area contributed by atoms with Crippen LogP contribution in [0.15, 0.2) is 11.6 Å². The van der Waals surface area contributed by atoms with E-state index in [4.69, 9.17) is 4.74 Å². The Kier molecular flexibility index (Phi) is 3.11. The highest BCUT2D eigenvalue weighted by Crippen LogP contribution is 2.07. The number of hydrogen-bond acceptors (Lipinski definition) is 2. The first-order valence-electron chi connectivity index (χ1n) is 3.79. The van der Waals surface area contributed by atoms with Gasteiger partial charge in [-0.2, -0.15) is 0 Å². The van der Waals surface area contributed by atoms with E-state index in [2.05, 4.69) is 5.32 Å². The highest BCUT2D eigenvalue weighted by atomic mass is 16.5. The van der Waals surface area contributed by atoms with Crippen LogP contribution in [0.5, 0.6) is 0 Å². The number of amides is 1. The maximum Gasteiger partial charge on any atom is 0.244 e. The summed E-state index contributed by atoms with van der Waals surface area (Å²) in [5.74, 6) is 0.0393. The molecule has 1 amide bonds. The fraction of sp³-hybridized carbons (Fsp3) is 0.625. The molecular formula is C8H13NO2. The monoisotopic (exact) mass is 155 g/mol. The summed E-state index contributed by atoms with van der Waals surface area (Å²) >= 11 is 0. The van der Waals surface area contributed by atoms with Crippen molar-refractivity contribution in [2.24, 2.45) is 0 Å². The van der Waals surface area contributed by atoms with Crippen LogP contribution in [0.25, 0.3) is 0 Å². The number of carbonyl (C=O) groups is 1. The molecule has 0 radical (unpaired) electrons. The van der Waals surface area contributed by atoms with Gasteiger partial charge < -0.3 is 10.1 Å². The van der Waals surface area contributed by atoms with E-state index in [9.17, 15) is 4.79 Å². The molecule has 1 rings (SSSR count). The lowest BCUT2D eigenvalue weighted by molar-refractivity contribution is -0.115. The Morgan fingerprint density at radius 3 is 3.09 bits per heavy atom. The maximum absolute atomic E-state index is 10.7. The number of methoxy groups -OCH3 is 1. The highest BCUT2D eigenvalue weighted by molar-refractivity contribution is 5.90. The molecule has 1 heterocycles. The zero-order valence-corrected chi connectivity index (χ0v) is 6.72. The van der Waals surface area contributed by atoms with Crippen molar-refractivity contribution in [3.63, 3.8) is 0 Å². The topological polar surface area (TPSA) is 38.3 Å². The lowest BCUT2D eigenvalue weighted by Crippen LogP contribution is -2.14. The minimum atomic E-state index is 0.0393. The summed E-state index contributed by atoms with van der Waals surface area (Å²) in [5.41, 5.74) is 1.19. The molecule has 1 aliphatic heterocycles. The molecule has 0 spiro atoms. The molecule has 1 N–H and O–H groups in total. The summed E-state index contributed by atoms with van der Waals surface area (Å²) < 4.78 is 4.90. The molecule has 0 fully saturated rings. The molecule has 0 aromatic carbocycles. The predicted octanol–water partition coefficient (Wildman–Crippen LogP) is 0.469. The molecule has 62 valence electrons. The van der Waals surface area contributed by atoms with Crippen molar-refractivity contribution in [2.45, 2.75) is 12.8 Å². The first-order chi connectivity index (χ1) is 5.33. The van der Waals surface area contributed by atoms with Gasteiger partial charge in [0.15, 0.2) is 0 Å². The zero-order chi connectivity index (χ0) is 8.10. The molecule has 11 heavy (non-hydrogen) atoms. The molecular weight excluding hydrogens is 142 g/mol. The average molecular weight is 155 g/mol. The fourth-order valence-electron chi connectivity index (χ4n) is 1.09. The number of ether oxygens (including phenoxy) is 1. The second-order valence-electron chi connectivity index (χ2n) is 2.62. The highest BCUT2D eigenvalue weighted by Gasteiger charge is 2.08. The summed E-state index contributed by atoms with van der Waals surface area (Å²) in [7, 11) is 1.69. The molecule has 0 saturated heterocycles. The van der Waals surface area contributed by atoms with Crippen molar-refractivity contribution in [3.8, 4) is 0 Å². The Hall–Kier alpha value is -0.830. The summed E-state index contributed by atoms with van der Waals surface area (Å²) in [6.07, 6.45) is 3.64. The SMILES string of the molecule is COCCCC1=CC(=O)NC1. The normalized spacial score (nSPS) is 16.5. The van der Waals surface area contributed by atoms with Gasteiger partial charge in [-0.3, -0.25) is 4.79 Å².